The van der Waals surface area contributed by atoms with E-state index >= 15 is 0 Å². The number of benzene rings is 1. The minimum atomic E-state index is -4.53. The Morgan fingerprint density at radius 3 is 2.36 bits per heavy atom. The Balaban J connectivity index is 3.29. The number of amides is 1. The van der Waals surface area contributed by atoms with E-state index in [0.29, 0.717) is 6.07 Å². The zero-order valence-electron chi connectivity index (χ0n) is 6.80. The van der Waals surface area contributed by atoms with E-state index in [9.17, 15) is 18.0 Å². The molecule has 0 saturated heterocycles. The van der Waals surface area contributed by atoms with E-state index in [-0.39, 0.29) is 10.5 Å². The van der Waals surface area contributed by atoms with Crippen LogP contribution in [0.5, 0.6) is 0 Å². The monoisotopic (exact) mass is 221 g/mol. The Kier molecular flexibility index (Phi) is 2.75. The number of rotatable bonds is 1. The van der Waals surface area contributed by atoms with Gasteiger partial charge in [-0.15, -0.1) is 12.6 Å². The summed E-state index contributed by atoms with van der Waals surface area (Å²) < 4.78 is 36.9. The lowest BCUT2D eigenvalue weighted by molar-refractivity contribution is -0.139. The van der Waals surface area contributed by atoms with Gasteiger partial charge in [0, 0.05) is 10.5 Å². The van der Waals surface area contributed by atoms with E-state index in [1.807, 2.05) is 0 Å². The van der Waals surface area contributed by atoms with Crippen molar-refractivity contribution in [2.24, 2.45) is 5.73 Å². The summed E-state index contributed by atoms with van der Waals surface area (Å²) in [6.07, 6.45) is -4.53. The maximum atomic E-state index is 12.3. The third-order valence-corrected chi connectivity index (χ3v) is 1.98. The van der Waals surface area contributed by atoms with E-state index in [2.05, 4.69) is 12.6 Å². The summed E-state index contributed by atoms with van der Waals surface area (Å²) in [5.41, 5.74) is 3.70. The molecule has 0 radical (unpaired) electrons. The second kappa shape index (κ2) is 3.53. The summed E-state index contributed by atoms with van der Waals surface area (Å²) in [7, 11) is 0. The Labute approximate surface area is 83.3 Å². The lowest BCUT2D eigenvalue weighted by Crippen LogP contribution is -2.14. The molecule has 0 aliphatic rings. The van der Waals surface area contributed by atoms with Crippen molar-refractivity contribution in [1.29, 1.82) is 0 Å². The Bertz CT molecular complexity index is 375. The van der Waals surface area contributed by atoms with Gasteiger partial charge in [-0.25, -0.2) is 0 Å². The van der Waals surface area contributed by atoms with Gasteiger partial charge in [-0.05, 0) is 18.2 Å². The first kappa shape index (κ1) is 10.9. The zero-order valence-corrected chi connectivity index (χ0v) is 7.69. The van der Waals surface area contributed by atoms with Crippen molar-refractivity contribution in [2.75, 3.05) is 0 Å². The molecule has 2 N–H and O–H groups in total. The van der Waals surface area contributed by atoms with Crippen LogP contribution in [-0.4, -0.2) is 5.91 Å². The number of primary amides is 1. The normalized spacial score (nSPS) is 11.4. The van der Waals surface area contributed by atoms with Gasteiger partial charge in [-0.3, -0.25) is 4.79 Å². The molecule has 2 nitrogen and oxygen atoms in total. The fourth-order valence-corrected chi connectivity index (χ4v) is 1.18. The van der Waals surface area contributed by atoms with Gasteiger partial charge in [0.05, 0.1) is 5.56 Å². The maximum Gasteiger partial charge on any atom is 0.417 e. The van der Waals surface area contributed by atoms with Crippen molar-refractivity contribution in [3.05, 3.63) is 29.3 Å². The molecule has 1 aromatic carbocycles. The van der Waals surface area contributed by atoms with Crippen LogP contribution in [0.3, 0.4) is 0 Å². The lowest BCUT2D eigenvalue weighted by atomic mass is 10.1. The van der Waals surface area contributed by atoms with Crippen LogP contribution in [0.1, 0.15) is 15.9 Å². The van der Waals surface area contributed by atoms with Gasteiger partial charge in [0.2, 0.25) is 5.91 Å². The molecule has 0 atom stereocenters. The van der Waals surface area contributed by atoms with Crippen molar-refractivity contribution in [2.45, 2.75) is 11.1 Å². The van der Waals surface area contributed by atoms with E-state index in [1.54, 1.807) is 0 Å². The number of nitrogens with two attached hydrogens (primary N) is 1. The second-order valence-electron chi connectivity index (χ2n) is 2.59. The molecule has 0 aliphatic heterocycles. The average Bonchev–Trinajstić information content (AvgIpc) is 2.02. The van der Waals surface area contributed by atoms with Crippen LogP contribution >= 0.6 is 12.6 Å². The Morgan fingerprint density at radius 2 is 1.93 bits per heavy atom. The molecular weight excluding hydrogens is 215 g/mol. The van der Waals surface area contributed by atoms with Gasteiger partial charge in [0.15, 0.2) is 0 Å². The van der Waals surface area contributed by atoms with Crippen LogP contribution in [-0.2, 0) is 6.18 Å². The van der Waals surface area contributed by atoms with Crippen LogP contribution in [0.15, 0.2) is 23.1 Å². The van der Waals surface area contributed by atoms with E-state index in [4.69, 9.17) is 5.73 Å². The maximum absolute atomic E-state index is 12.3. The third-order valence-electron chi connectivity index (χ3n) is 1.59. The summed E-state index contributed by atoms with van der Waals surface area (Å²) in [6, 6.07) is 2.97. The molecule has 1 aromatic rings. The number of carbonyl (C=O) groups is 1. The largest absolute Gasteiger partial charge is 0.417 e. The van der Waals surface area contributed by atoms with Gasteiger partial charge in [-0.2, -0.15) is 13.2 Å². The van der Waals surface area contributed by atoms with Crippen LogP contribution in [0.2, 0.25) is 0 Å². The summed E-state index contributed by atoms with van der Waals surface area (Å²) in [4.78, 5) is 10.4. The molecule has 0 aromatic heterocycles. The molecule has 0 aliphatic carbocycles. The molecule has 0 unspecified atom stereocenters. The molecule has 76 valence electrons. The molecule has 1 amide bonds. The summed E-state index contributed by atoms with van der Waals surface area (Å²) >= 11 is 3.63. The third kappa shape index (κ3) is 2.20. The van der Waals surface area contributed by atoms with Crippen LogP contribution in [0.4, 0.5) is 13.2 Å². The highest BCUT2D eigenvalue weighted by molar-refractivity contribution is 7.80. The first-order chi connectivity index (χ1) is 6.32. The highest BCUT2D eigenvalue weighted by Gasteiger charge is 2.33. The molecule has 0 bridgehead atoms. The van der Waals surface area contributed by atoms with Gasteiger partial charge < -0.3 is 5.73 Å². The zero-order chi connectivity index (χ0) is 10.9. The number of thiol groups is 1. The van der Waals surface area contributed by atoms with Crippen molar-refractivity contribution in [1.82, 2.24) is 0 Å². The van der Waals surface area contributed by atoms with Crippen LogP contribution in [0.25, 0.3) is 0 Å². The predicted molar refractivity (Wildman–Crippen MR) is 47.2 cm³/mol. The molecule has 0 spiro atoms. The minimum Gasteiger partial charge on any atom is -0.366 e. The molecule has 14 heavy (non-hydrogen) atoms. The van der Waals surface area contributed by atoms with Crippen LogP contribution < -0.4 is 5.73 Å². The number of carbonyl (C=O) groups excluding carboxylic acids is 1. The van der Waals surface area contributed by atoms with Gasteiger partial charge in [0.25, 0.3) is 0 Å². The van der Waals surface area contributed by atoms with Gasteiger partial charge in [0.1, 0.15) is 0 Å². The van der Waals surface area contributed by atoms with E-state index < -0.39 is 17.6 Å². The quantitative estimate of drug-likeness (QED) is 0.700. The molecule has 0 fully saturated rings. The predicted octanol–water partition coefficient (Wildman–Crippen LogP) is 2.09. The van der Waals surface area contributed by atoms with E-state index in [0.717, 1.165) is 6.07 Å². The van der Waals surface area contributed by atoms with Crippen molar-refractivity contribution < 1.29 is 18.0 Å². The highest BCUT2D eigenvalue weighted by Crippen LogP contribution is 2.34. The van der Waals surface area contributed by atoms with E-state index in [1.165, 1.54) is 6.07 Å². The molecule has 1 rings (SSSR count). The topological polar surface area (TPSA) is 43.1 Å². The Hall–Kier alpha value is -1.17. The van der Waals surface area contributed by atoms with Gasteiger partial charge in [-0.1, -0.05) is 0 Å². The number of hydrogen-bond acceptors (Lipinski definition) is 2. The number of halogens is 3. The summed E-state index contributed by atoms with van der Waals surface area (Å²) in [5, 5.41) is 0. The van der Waals surface area contributed by atoms with Crippen molar-refractivity contribution in [3.63, 3.8) is 0 Å². The standard InChI is InChI=1S/C8H6F3NOS/c9-8(10,11)5-3-4(7(12)13)1-2-6(5)14/h1-3,14H,(H2,12,13). The Morgan fingerprint density at radius 1 is 1.36 bits per heavy atom. The summed E-state index contributed by atoms with van der Waals surface area (Å²) in [6.45, 7) is 0. The first-order valence-corrected chi connectivity index (χ1v) is 3.97. The van der Waals surface area contributed by atoms with Crippen molar-refractivity contribution in [3.8, 4) is 0 Å². The minimum absolute atomic E-state index is 0.185. The lowest BCUT2D eigenvalue weighted by Gasteiger charge is -2.09. The molecule has 0 heterocycles. The number of hydrogen-bond donors (Lipinski definition) is 2. The molecule has 6 heteroatoms. The second-order valence-corrected chi connectivity index (χ2v) is 3.08. The fraction of sp³-hybridized carbons (Fsp3) is 0.125. The average molecular weight is 221 g/mol. The fourth-order valence-electron chi connectivity index (χ4n) is 0.916. The van der Waals surface area contributed by atoms with Gasteiger partial charge >= 0.3 is 6.18 Å². The summed E-state index contributed by atoms with van der Waals surface area (Å²) in [5.74, 6) is -0.899. The smallest absolute Gasteiger partial charge is 0.366 e. The highest BCUT2D eigenvalue weighted by atomic mass is 32.1. The first-order valence-electron chi connectivity index (χ1n) is 3.52. The molecule has 0 saturated carbocycles. The number of alkyl halides is 3. The van der Waals surface area contributed by atoms with Crippen molar-refractivity contribution >= 4 is 18.5 Å². The van der Waals surface area contributed by atoms with Crippen LogP contribution in [0, 0.1) is 0 Å². The molecular formula is C8H6F3NOS. The SMILES string of the molecule is NC(=O)c1ccc(S)c(C(F)(F)F)c1.